The van der Waals surface area contributed by atoms with Gasteiger partial charge < -0.3 is 34.2 Å². The lowest BCUT2D eigenvalue weighted by molar-refractivity contribution is -0.185. The predicted molar refractivity (Wildman–Crippen MR) is 27.5 cm³/mol. The molecular weight excluding hydrogens is 118 g/mol. The zero-order valence-electron chi connectivity index (χ0n) is 4.29. The minimum Gasteiger partial charge on any atom is -0.814 e. The van der Waals surface area contributed by atoms with Crippen LogP contribution in [0, 0.1) is 0 Å². The maximum atomic E-state index is 8.99. The van der Waals surface area contributed by atoms with Crippen molar-refractivity contribution in [1.82, 2.24) is 12.3 Å². The Labute approximate surface area is 42.8 Å². The highest BCUT2D eigenvalue weighted by Crippen LogP contribution is 2.17. The summed E-state index contributed by atoms with van der Waals surface area (Å²) in [5.74, 6) is 0. The van der Waals surface area contributed by atoms with Crippen molar-refractivity contribution in [3.8, 4) is 0 Å². The van der Waals surface area contributed by atoms with Gasteiger partial charge >= 0.3 is 0 Å². The first-order chi connectivity index (χ1) is 2.00. The Morgan fingerprint density at radius 1 is 1.57 bits per heavy atom. The van der Waals surface area contributed by atoms with Crippen molar-refractivity contribution < 1.29 is 14.4 Å². The fraction of sp³-hybridized carbons (Fsp3) is 0. The van der Waals surface area contributed by atoms with E-state index in [1.54, 1.807) is 0 Å². The summed E-state index contributed by atoms with van der Waals surface area (Å²) in [5.41, 5.74) is 0. The molecule has 9 N–H and O–H groups in total. The van der Waals surface area contributed by atoms with E-state index in [2.05, 4.69) is 7.57 Å². The summed E-state index contributed by atoms with van der Waals surface area (Å²) < 4.78 is 8.99. The lowest BCUT2D eigenvalue weighted by Crippen LogP contribution is -1.95. The van der Waals surface area contributed by atoms with Crippen molar-refractivity contribution in [3.63, 3.8) is 0 Å². The van der Waals surface area contributed by atoms with Crippen LogP contribution in [0.5, 0.6) is 0 Å². The minimum atomic E-state index is -4.39. The molecule has 1 unspecified atom stereocenters. The third kappa shape index (κ3) is 5760. The van der Waals surface area contributed by atoms with Crippen LogP contribution in [0.15, 0.2) is 0 Å². The first kappa shape index (κ1) is 15.7. The second-order valence-electron chi connectivity index (χ2n) is 0.564. The van der Waals surface area contributed by atoms with Gasteiger partial charge in [0.1, 0.15) is 0 Å². The van der Waals surface area contributed by atoms with E-state index in [4.69, 9.17) is 14.4 Å². The van der Waals surface area contributed by atoms with Crippen molar-refractivity contribution in [1.29, 1.82) is 0 Å². The molecule has 7 heteroatoms. The summed E-state index contributed by atoms with van der Waals surface area (Å²) in [7, 11) is -0.479. The van der Waals surface area contributed by atoms with Crippen LogP contribution < -0.4 is 17.2 Å². The highest BCUT2D eigenvalue weighted by Gasteiger charge is 1.55. The smallest absolute Gasteiger partial charge is 0.132 e. The Morgan fingerprint density at radius 3 is 1.57 bits per heavy atom. The van der Waals surface area contributed by atoms with Gasteiger partial charge in [0.25, 0.3) is 0 Å². The molecule has 0 fully saturated rings. The Morgan fingerprint density at radius 2 is 1.57 bits per heavy atom. The molecule has 0 bridgehead atoms. The SMILES string of the molecule is [B-]P(=O)([O-])O.[NH4+].[NH4+]. The summed E-state index contributed by atoms with van der Waals surface area (Å²) >= 11 is 0. The Hall–Kier alpha value is 0.135. The van der Waals surface area contributed by atoms with E-state index >= 15 is 0 Å². The lowest BCUT2D eigenvalue weighted by Gasteiger charge is -2.23. The molecule has 5 nitrogen and oxygen atoms in total. The average molecular weight is 127 g/mol. The normalized spacial score (nSPS) is 15.3. The van der Waals surface area contributed by atoms with Crippen LogP contribution in [0.3, 0.4) is 0 Å². The summed E-state index contributed by atoms with van der Waals surface area (Å²) in [6.45, 7) is 0. The average Bonchev–Trinajstić information content (AvgIpc) is 0.722. The first-order valence-corrected chi connectivity index (χ1v) is 2.47. The summed E-state index contributed by atoms with van der Waals surface area (Å²) in [6, 6.07) is 0. The van der Waals surface area contributed by atoms with E-state index < -0.39 is 7.47 Å². The van der Waals surface area contributed by atoms with Crippen molar-refractivity contribution in [2.24, 2.45) is 0 Å². The van der Waals surface area contributed by atoms with E-state index in [0.717, 1.165) is 0 Å². The predicted octanol–water partition coefficient (Wildman–Crippen LogP) is -0.632. The zero-order chi connectivity index (χ0) is 4.50. The highest BCUT2D eigenvalue weighted by molar-refractivity contribution is 7.76. The number of rotatable bonds is 0. The molecule has 0 saturated carbocycles. The van der Waals surface area contributed by atoms with E-state index in [0.29, 0.717) is 0 Å². The minimum absolute atomic E-state index is 0. The molecule has 1 atom stereocenters. The van der Waals surface area contributed by atoms with Crippen LogP contribution in [0.1, 0.15) is 0 Å². The second-order valence-corrected chi connectivity index (χ2v) is 1.69. The molecule has 7 heavy (non-hydrogen) atoms. The monoisotopic (exact) mass is 127 g/mol. The number of hydrogen-bond acceptors (Lipinski definition) is 2. The molecule has 0 heterocycles. The first-order valence-electron chi connectivity index (χ1n) is 0.823. The van der Waals surface area contributed by atoms with E-state index in [1.807, 2.05) is 0 Å². The quantitative estimate of drug-likeness (QED) is 0.295. The molecule has 0 aromatic carbocycles. The molecule has 0 saturated heterocycles. The van der Waals surface area contributed by atoms with Crippen LogP contribution in [0.4, 0.5) is 0 Å². The van der Waals surface area contributed by atoms with Crippen molar-refractivity contribution in [3.05, 3.63) is 0 Å². The molecule has 0 rings (SSSR count). The highest BCUT2D eigenvalue weighted by atomic mass is 31.2. The fourth-order valence-corrected chi connectivity index (χ4v) is 0. The largest absolute Gasteiger partial charge is 0.814 e. The van der Waals surface area contributed by atoms with Crippen LogP contribution in [0.25, 0.3) is 0 Å². The standard InChI is InChI=1S/BH2O3P.2H3N/c1-5(2,3)4;;/h(H2,2,3,4);2*1H3/q-1;;/p+1. The second kappa shape index (κ2) is 4.30. The molecule has 3 radical (unpaired) electrons. The van der Waals surface area contributed by atoms with Crippen LogP contribution >= 0.6 is 7.47 Å². The van der Waals surface area contributed by atoms with Crippen molar-refractivity contribution in [2.75, 3.05) is 0 Å². The van der Waals surface area contributed by atoms with E-state index in [1.165, 1.54) is 0 Å². The van der Waals surface area contributed by atoms with Crippen molar-refractivity contribution >= 4 is 15.0 Å². The topological polar surface area (TPSA) is 133 Å². The summed E-state index contributed by atoms with van der Waals surface area (Å²) in [6.07, 6.45) is 0. The number of hydrogen-bond donors (Lipinski definition) is 3. The van der Waals surface area contributed by atoms with Gasteiger partial charge in [-0.1, -0.05) is 0 Å². The van der Waals surface area contributed by atoms with E-state index in [9.17, 15) is 0 Å². The third-order valence-electron chi connectivity index (χ3n) is 0. The molecule has 0 aliphatic rings. The van der Waals surface area contributed by atoms with Gasteiger partial charge in [-0.15, -0.1) is 7.47 Å². The Kier molecular flexibility index (Phi) is 9.64. The van der Waals surface area contributed by atoms with Gasteiger partial charge in [-0.25, -0.2) is 0 Å². The Bertz CT molecular complexity index is 59.1. The fourth-order valence-electron chi connectivity index (χ4n) is 0. The molecule has 0 aliphatic heterocycles. The van der Waals surface area contributed by atoms with Gasteiger partial charge in [-0.3, -0.25) is 0 Å². The van der Waals surface area contributed by atoms with Gasteiger partial charge in [0.15, 0.2) is 0 Å². The summed E-state index contributed by atoms with van der Waals surface area (Å²) in [5, 5.41) is 0. The van der Waals surface area contributed by atoms with Crippen LogP contribution in [0.2, 0.25) is 0 Å². The van der Waals surface area contributed by atoms with Gasteiger partial charge in [0.2, 0.25) is 0 Å². The molecule has 0 aliphatic carbocycles. The molecule has 0 spiro atoms. The number of quaternary nitrogens is 2. The van der Waals surface area contributed by atoms with Crippen LogP contribution in [-0.4, -0.2) is 12.5 Å². The molecule has 0 aromatic rings. The zero-order valence-corrected chi connectivity index (χ0v) is 5.18. The van der Waals surface area contributed by atoms with Crippen LogP contribution in [-0.2, 0) is 4.57 Å². The molecule has 45 valence electrons. The lowest BCUT2D eigenvalue weighted by atomic mass is 10.8. The van der Waals surface area contributed by atoms with Gasteiger partial charge in [-0.05, 0) is 0 Å². The molecule has 0 aromatic heterocycles. The molecule has 0 amide bonds. The molecular formula is H9BN2O3P. The van der Waals surface area contributed by atoms with Gasteiger partial charge in [0.05, 0.1) is 0 Å². The Balaban J connectivity index is -0.0000000800. The maximum absolute atomic E-state index is 8.99. The van der Waals surface area contributed by atoms with Gasteiger partial charge in [0, 0.05) is 0 Å². The summed E-state index contributed by atoms with van der Waals surface area (Å²) in [4.78, 5) is 16.3. The van der Waals surface area contributed by atoms with E-state index in [-0.39, 0.29) is 12.3 Å². The van der Waals surface area contributed by atoms with Crippen molar-refractivity contribution in [2.45, 2.75) is 0 Å². The van der Waals surface area contributed by atoms with Gasteiger partial charge in [-0.2, -0.15) is 0 Å². The third-order valence-corrected chi connectivity index (χ3v) is 0. The maximum Gasteiger partial charge on any atom is -0.132 e.